The van der Waals surface area contributed by atoms with Gasteiger partial charge in [0.05, 0.1) is 17.3 Å². The number of benzene rings is 3. The van der Waals surface area contributed by atoms with Gasteiger partial charge in [0.25, 0.3) is 0 Å². The highest BCUT2D eigenvalue weighted by Gasteiger charge is 2.10. The summed E-state index contributed by atoms with van der Waals surface area (Å²) in [5.41, 5.74) is 3.43. The maximum atomic E-state index is 12.3. The van der Waals surface area contributed by atoms with Gasteiger partial charge in [0.2, 0.25) is 5.91 Å². The lowest BCUT2D eigenvalue weighted by Crippen LogP contribution is -2.12. The summed E-state index contributed by atoms with van der Waals surface area (Å²) in [6.45, 7) is 0.457. The van der Waals surface area contributed by atoms with Gasteiger partial charge in [-0.05, 0) is 48.9 Å². The minimum atomic E-state index is -0.0584. The molecule has 0 unspecified atom stereocenters. The predicted molar refractivity (Wildman–Crippen MR) is 133 cm³/mol. The van der Waals surface area contributed by atoms with E-state index in [-0.39, 0.29) is 5.91 Å². The zero-order valence-electron chi connectivity index (χ0n) is 17.1. The van der Waals surface area contributed by atoms with Gasteiger partial charge in [-0.2, -0.15) is 0 Å². The fourth-order valence-electron chi connectivity index (χ4n) is 3.10. The van der Waals surface area contributed by atoms with Gasteiger partial charge in [-0.25, -0.2) is 4.98 Å². The van der Waals surface area contributed by atoms with Crippen LogP contribution in [0.5, 0.6) is 5.75 Å². The van der Waals surface area contributed by atoms with Crippen LogP contribution in [0.25, 0.3) is 21.8 Å². The van der Waals surface area contributed by atoms with Crippen molar-refractivity contribution >= 4 is 46.1 Å². The average molecular weight is 483 g/mol. The van der Waals surface area contributed by atoms with Crippen molar-refractivity contribution in [1.82, 2.24) is 4.98 Å². The largest absolute Gasteiger partial charge is 0.494 e. The number of carbonyl (C=O) groups excluding carboxylic acids is 1. The number of amides is 1. The molecule has 4 nitrogen and oxygen atoms in total. The van der Waals surface area contributed by atoms with Crippen LogP contribution < -0.4 is 10.1 Å². The van der Waals surface area contributed by atoms with Crippen LogP contribution in [0.3, 0.4) is 0 Å². The molecule has 1 amide bonds. The second-order valence-corrected chi connectivity index (χ2v) is 8.75. The molecule has 0 radical (unpaired) electrons. The van der Waals surface area contributed by atoms with E-state index >= 15 is 0 Å². The van der Waals surface area contributed by atoms with Crippen molar-refractivity contribution in [2.75, 3.05) is 11.9 Å². The highest BCUT2D eigenvalue weighted by atomic mass is 35.5. The van der Waals surface area contributed by atoms with Crippen LogP contribution in [0, 0.1) is 0 Å². The summed E-state index contributed by atoms with van der Waals surface area (Å²) in [7, 11) is 0. The van der Waals surface area contributed by atoms with Crippen molar-refractivity contribution in [3.05, 3.63) is 88.2 Å². The number of halogens is 2. The van der Waals surface area contributed by atoms with Crippen molar-refractivity contribution < 1.29 is 9.53 Å². The first-order valence-electron chi connectivity index (χ1n) is 10.1. The van der Waals surface area contributed by atoms with Gasteiger partial charge >= 0.3 is 0 Å². The lowest BCUT2D eigenvalue weighted by atomic mass is 10.1. The summed E-state index contributed by atoms with van der Waals surface area (Å²) < 4.78 is 5.63. The molecule has 7 heteroatoms. The Kier molecular flexibility index (Phi) is 7.43. The molecule has 0 aliphatic rings. The first-order valence-corrected chi connectivity index (χ1v) is 11.7. The maximum Gasteiger partial charge on any atom is 0.224 e. The molecule has 0 aliphatic heterocycles. The van der Waals surface area contributed by atoms with Crippen LogP contribution >= 0.6 is 34.5 Å². The third kappa shape index (κ3) is 5.88. The molecule has 0 spiro atoms. The van der Waals surface area contributed by atoms with Crippen LogP contribution in [0.4, 0.5) is 5.69 Å². The van der Waals surface area contributed by atoms with E-state index < -0.39 is 0 Å². The van der Waals surface area contributed by atoms with Gasteiger partial charge < -0.3 is 10.1 Å². The molecule has 0 atom stereocenters. The highest BCUT2D eigenvalue weighted by molar-refractivity contribution is 7.13. The molecule has 32 heavy (non-hydrogen) atoms. The Hall–Kier alpha value is -2.86. The Morgan fingerprint density at radius 1 is 1.00 bits per heavy atom. The molecule has 1 N–H and O–H groups in total. The average Bonchev–Trinajstić information content (AvgIpc) is 3.29. The van der Waals surface area contributed by atoms with Crippen LogP contribution in [0.15, 0.2) is 78.2 Å². The normalized spacial score (nSPS) is 10.7. The fourth-order valence-corrected chi connectivity index (χ4v) is 4.37. The third-order valence-corrected chi connectivity index (χ3v) is 6.14. The molecular weight excluding hydrogens is 463 g/mol. The van der Waals surface area contributed by atoms with E-state index in [2.05, 4.69) is 5.32 Å². The van der Waals surface area contributed by atoms with Gasteiger partial charge in [0.1, 0.15) is 10.8 Å². The van der Waals surface area contributed by atoms with Crippen molar-refractivity contribution in [3.8, 4) is 27.6 Å². The second kappa shape index (κ2) is 10.6. The first kappa shape index (κ1) is 22.3. The third-order valence-electron chi connectivity index (χ3n) is 4.68. The van der Waals surface area contributed by atoms with Gasteiger partial charge in [0, 0.05) is 33.6 Å². The van der Waals surface area contributed by atoms with Crippen LogP contribution in [0.1, 0.15) is 12.8 Å². The molecule has 0 fully saturated rings. The summed E-state index contributed by atoms with van der Waals surface area (Å²) in [5, 5.41) is 7.14. The molecule has 0 aliphatic carbocycles. The van der Waals surface area contributed by atoms with E-state index in [1.54, 1.807) is 12.1 Å². The molecule has 0 saturated carbocycles. The SMILES string of the molecule is O=C(CCCOc1ccc(Cl)cc1)Nc1cccc(-c2csc(-c3ccccc3Cl)n2)c1. The van der Waals surface area contributed by atoms with Crippen LogP contribution in [-0.2, 0) is 4.79 Å². The lowest BCUT2D eigenvalue weighted by Gasteiger charge is -2.08. The Bertz CT molecular complexity index is 1210. The second-order valence-electron chi connectivity index (χ2n) is 7.05. The van der Waals surface area contributed by atoms with Crippen molar-refractivity contribution in [3.63, 3.8) is 0 Å². The first-order chi connectivity index (χ1) is 15.6. The number of nitrogens with zero attached hydrogens (tertiary/aromatic N) is 1. The van der Waals surface area contributed by atoms with Crippen LogP contribution in [-0.4, -0.2) is 17.5 Å². The van der Waals surface area contributed by atoms with Gasteiger partial charge in [-0.1, -0.05) is 53.5 Å². The van der Waals surface area contributed by atoms with Crippen molar-refractivity contribution in [2.45, 2.75) is 12.8 Å². The molecular formula is C25H20Cl2N2O2S. The molecule has 4 rings (SSSR count). The quantitative estimate of drug-likeness (QED) is 0.263. The number of aromatic nitrogens is 1. The summed E-state index contributed by atoms with van der Waals surface area (Å²) >= 11 is 13.7. The fraction of sp³-hybridized carbons (Fsp3) is 0.120. The number of thiazole rings is 1. The molecule has 4 aromatic rings. The van der Waals surface area contributed by atoms with E-state index in [4.69, 9.17) is 32.9 Å². The minimum Gasteiger partial charge on any atom is -0.494 e. The number of hydrogen-bond acceptors (Lipinski definition) is 4. The van der Waals surface area contributed by atoms with E-state index in [0.29, 0.717) is 29.5 Å². The zero-order valence-corrected chi connectivity index (χ0v) is 19.4. The van der Waals surface area contributed by atoms with Crippen LogP contribution in [0.2, 0.25) is 10.0 Å². The summed E-state index contributed by atoms with van der Waals surface area (Å²) in [6.07, 6.45) is 0.979. The summed E-state index contributed by atoms with van der Waals surface area (Å²) in [5.74, 6) is 0.679. The number of hydrogen-bond donors (Lipinski definition) is 1. The number of ether oxygens (including phenoxy) is 1. The predicted octanol–water partition coefficient (Wildman–Crippen LogP) is 7.58. The highest BCUT2D eigenvalue weighted by Crippen LogP contribution is 2.33. The molecule has 162 valence electrons. The van der Waals surface area contributed by atoms with Gasteiger partial charge in [-0.3, -0.25) is 4.79 Å². The lowest BCUT2D eigenvalue weighted by molar-refractivity contribution is -0.116. The van der Waals surface area contributed by atoms with E-state index in [1.807, 2.05) is 66.0 Å². The van der Waals surface area contributed by atoms with E-state index in [9.17, 15) is 4.79 Å². The Morgan fingerprint density at radius 3 is 2.62 bits per heavy atom. The van der Waals surface area contributed by atoms with Crippen molar-refractivity contribution in [2.24, 2.45) is 0 Å². The Balaban J connectivity index is 1.32. The Morgan fingerprint density at radius 2 is 1.81 bits per heavy atom. The molecule has 0 saturated heterocycles. The maximum absolute atomic E-state index is 12.3. The summed E-state index contributed by atoms with van der Waals surface area (Å²) in [4.78, 5) is 17.1. The smallest absolute Gasteiger partial charge is 0.224 e. The molecule has 3 aromatic carbocycles. The van der Waals surface area contributed by atoms with Crippen molar-refractivity contribution in [1.29, 1.82) is 0 Å². The topological polar surface area (TPSA) is 51.2 Å². The zero-order chi connectivity index (χ0) is 22.3. The number of carbonyl (C=O) groups is 1. The standard InChI is InChI=1S/C25H20Cl2N2O2S/c26-18-10-12-20(13-11-18)31-14-4-9-24(30)28-19-6-3-5-17(15-19)23-16-32-25(29-23)21-7-1-2-8-22(21)27/h1-3,5-8,10-13,15-16H,4,9,14H2,(H,28,30). The number of rotatable bonds is 8. The molecule has 0 bridgehead atoms. The minimum absolute atomic E-state index is 0.0584. The summed E-state index contributed by atoms with van der Waals surface area (Å²) in [6, 6.07) is 22.5. The van der Waals surface area contributed by atoms with Gasteiger partial charge in [-0.15, -0.1) is 11.3 Å². The molecule has 1 heterocycles. The number of nitrogens with one attached hydrogen (secondary N) is 1. The number of anilines is 1. The Labute approximate surface area is 200 Å². The van der Waals surface area contributed by atoms with Gasteiger partial charge in [0.15, 0.2) is 0 Å². The molecule has 1 aromatic heterocycles. The van der Waals surface area contributed by atoms with E-state index in [0.717, 1.165) is 33.3 Å². The van der Waals surface area contributed by atoms with E-state index in [1.165, 1.54) is 11.3 Å². The monoisotopic (exact) mass is 482 g/mol.